The van der Waals surface area contributed by atoms with Crippen LogP contribution in [0.4, 0.5) is 0 Å². The van der Waals surface area contributed by atoms with Crippen LogP contribution in [-0.2, 0) is 6.42 Å². The Kier molecular flexibility index (Phi) is 6.00. The molecule has 0 aromatic heterocycles. The molecule has 1 atom stereocenters. The van der Waals surface area contributed by atoms with Crippen molar-refractivity contribution in [2.75, 3.05) is 13.7 Å². The maximum Gasteiger partial charge on any atom is 0.119 e. The van der Waals surface area contributed by atoms with Gasteiger partial charge in [0.2, 0.25) is 0 Å². The Balaban J connectivity index is 1.82. The number of rotatable bonds is 7. The normalized spacial score (nSPS) is 11.7. The maximum absolute atomic E-state index is 9.08. The van der Waals surface area contributed by atoms with Gasteiger partial charge < -0.3 is 10.1 Å². The van der Waals surface area contributed by atoms with Crippen molar-refractivity contribution >= 4 is 0 Å². The Morgan fingerprint density at radius 1 is 1.18 bits per heavy atom. The number of hydrogen-bond acceptors (Lipinski definition) is 3. The van der Waals surface area contributed by atoms with Gasteiger partial charge >= 0.3 is 0 Å². The lowest BCUT2D eigenvalue weighted by molar-refractivity contribution is 0.413. The van der Waals surface area contributed by atoms with Crippen LogP contribution < -0.4 is 10.1 Å². The van der Waals surface area contributed by atoms with E-state index < -0.39 is 0 Å². The van der Waals surface area contributed by atoms with Crippen LogP contribution in [0.3, 0.4) is 0 Å². The molecule has 0 bridgehead atoms. The second-order valence-electron chi connectivity index (χ2n) is 5.32. The van der Waals surface area contributed by atoms with Crippen molar-refractivity contribution in [2.24, 2.45) is 0 Å². The summed E-state index contributed by atoms with van der Waals surface area (Å²) in [5, 5.41) is 12.6. The molecule has 2 aromatic carbocycles. The molecule has 0 aliphatic heterocycles. The Morgan fingerprint density at radius 2 is 2.00 bits per heavy atom. The highest BCUT2D eigenvalue weighted by Crippen LogP contribution is 2.18. The molecule has 0 saturated carbocycles. The van der Waals surface area contributed by atoms with Gasteiger partial charge in [0.1, 0.15) is 5.75 Å². The SMILES string of the molecule is COc1cccc([C@@H](C)NCCCc2ccccc2C#N)c1. The van der Waals surface area contributed by atoms with Crippen molar-refractivity contribution in [2.45, 2.75) is 25.8 Å². The molecule has 0 saturated heterocycles. The van der Waals surface area contributed by atoms with Gasteiger partial charge in [-0.05, 0) is 55.6 Å². The van der Waals surface area contributed by atoms with E-state index in [-0.39, 0.29) is 6.04 Å². The average Bonchev–Trinajstić information content (AvgIpc) is 2.58. The van der Waals surface area contributed by atoms with E-state index >= 15 is 0 Å². The van der Waals surface area contributed by atoms with E-state index in [2.05, 4.69) is 30.4 Å². The second-order valence-corrected chi connectivity index (χ2v) is 5.32. The number of ether oxygens (including phenoxy) is 1. The number of hydrogen-bond donors (Lipinski definition) is 1. The van der Waals surface area contributed by atoms with Gasteiger partial charge in [0.15, 0.2) is 0 Å². The van der Waals surface area contributed by atoms with Crippen molar-refractivity contribution in [1.29, 1.82) is 5.26 Å². The molecular formula is C19H22N2O. The molecule has 0 aliphatic rings. The molecule has 0 amide bonds. The lowest BCUT2D eigenvalue weighted by atomic mass is 10.0. The predicted molar refractivity (Wildman–Crippen MR) is 88.9 cm³/mol. The Bertz CT molecular complexity index is 646. The molecule has 0 aliphatic carbocycles. The molecule has 3 nitrogen and oxygen atoms in total. The first-order chi connectivity index (χ1) is 10.7. The summed E-state index contributed by atoms with van der Waals surface area (Å²) in [7, 11) is 1.68. The largest absolute Gasteiger partial charge is 0.497 e. The van der Waals surface area contributed by atoms with Gasteiger partial charge in [0.25, 0.3) is 0 Å². The Hall–Kier alpha value is -2.31. The fourth-order valence-electron chi connectivity index (χ4n) is 2.47. The first-order valence-electron chi connectivity index (χ1n) is 7.60. The average molecular weight is 294 g/mol. The van der Waals surface area contributed by atoms with E-state index in [9.17, 15) is 0 Å². The van der Waals surface area contributed by atoms with Crippen LogP contribution >= 0.6 is 0 Å². The van der Waals surface area contributed by atoms with E-state index in [0.717, 1.165) is 36.3 Å². The van der Waals surface area contributed by atoms with Gasteiger partial charge in [-0.1, -0.05) is 30.3 Å². The van der Waals surface area contributed by atoms with Crippen molar-refractivity contribution < 1.29 is 4.74 Å². The second kappa shape index (κ2) is 8.21. The fraction of sp³-hybridized carbons (Fsp3) is 0.316. The molecule has 22 heavy (non-hydrogen) atoms. The van der Waals surface area contributed by atoms with Crippen molar-refractivity contribution in [1.82, 2.24) is 5.32 Å². The third-order valence-electron chi connectivity index (χ3n) is 3.81. The molecule has 1 N–H and O–H groups in total. The van der Waals surface area contributed by atoms with Gasteiger partial charge in [-0.15, -0.1) is 0 Å². The van der Waals surface area contributed by atoms with Gasteiger partial charge in [-0.25, -0.2) is 0 Å². The van der Waals surface area contributed by atoms with E-state index in [0.29, 0.717) is 0 Å². The summed E-state index contributed by atoms with van der Waals surface area (Å²) in [5.74, 6) is 0.883. The molecule has 0 fully saturated rings. The summed E-state index contributed by atoms with van der Waals surface area (Å²) in [5.41, 5.74) is 3.13. The first-order valence-corrected chi connectivity index (χ1v) is 7.60. The van der Waals surface area contributed by atoms with Crippen molar-refractivity contribution in [3.05, 3.63) is 65.2 Å². The zero-order valence-electron chi connectivity index (χ0n) is 13.2. The summed E-state index contributed by atoms with van der Waals surface area (Å²) in [4.78, 5) is 0. The summed E-state index contributed by atoms with van der Waals surface area (Å²) in [6.07, 6.45) is 1.93. The smallest absolute Gasteiger partial charge is 0.119 e. The standard InChI is InChI=1S/C19H22N2O/c1-15(17-9-5-11-19(13-17)22-2)21-12-6-10-16-7-3-4-8-18(16)14-20/h3-5,7-9,11,13,15,21H,6,10,12H2,1-2H3/t15-/m1/s1. The number of benzene rings is 2. The molecule has 3 heteroatoms. The van der Waals surface area contributed by atoms with Gasteiger partial charge in [0.05, 0.1) is 18.7 Å². The van der Waals surface area contributed by atoms with Gasteiger partial charge in [0, 0.05) is 6.04 Å². The Labute approximate surface area is 132 Å². The van der Waals surface area contributed by atoms with Crippen LogP contribution in [0.25, 0.3) is 0 Å². The molecule has 0 spiro atoms. The number of nitrogens with one attached hydrogen (secondary N) is 1. The highest BCUT2D eigenvalue weighted by molar-refractivity contribution is 5.37. The van der Waals surface area contributed by atoms with Crippen LogP contribution in [0.5, 0.6) is 5.75 Å². The number of nitrogens with zero attached hydrogens (tertiary/aromatic N) is 1. The maximum atomic E-state index is 9.08. The van der Waals surface area contributed by atoms with E-state index in [4.69, 9.17) is 10.00 Å². The lowest BCUT2D eigenvalue weighted by Gasteiger charge is -2.15. The minimum atomic E-state index is 0.279. The summed E-state index contributed by atoms with van der Waals surface area (Å²) < 4.78 is 5.26. The number of aryl methyl sites for hydroxylation is 1. The zero-order valence-corrected chi connectivity index (χ0v) is 13.2. The fourth-order valence-corrected chi connectivity index (χ4v) is 2.47. The van der Waals surface area contributed by atoms with E-state index in [1.165, 1.54) is 5.56 Å². The minimum Gasteiger partial charge on any atom is -0.497 e. The highest BCUT2D eigenvalue weighted by atomic mass is 16.5. The molecule has 114 valence electrons. The first kappa shape index (κ1) is 16.1. The van der Waals surface area contributed by atoms with Gasteiger partial charge in [-0.3, -0.25) is 0 Å². The quantitative estimate of drug-likeness (QED) is 0.789. The molecule has 0 unspecified atom stereocenters. The van der Waals surface area contributed by atoms with Crippen LogP contribution in [0.15, 0.2) is 48.5 Å². The topological polar surface area (TPSA) is 45.0 Å². The van der Waals surface area contributed by atoms with Crippen LogP contribution in [-0.4, -0.2) is 13.7 Å². The van der Waals surface area contributed by atoms with Crippen LogP contribution in [0.1, 0.15) is 36.1 Å². The minimum absolute atomic E-state index is 0.279. The molecule has 2 aromatic rings. The summed E-state index contributed by atoms with van der Waals surface area (Å²) in [6, 6.07) is 18.5. The third kappa shape index (κ3) is 4.34. The predicted octanol–water partition coefficient (Wildman–Crippen LogP) is 3.85. The molecule has 2 rings (SSSR count). The van der Waals surface area contributed by atoms with E-state index in [1.54, 1.807) is 7.11 Å². The van der Waals surface area contributed by atoms with Crippen LogP contribution in [0, 0.1) is 11.3 Å². The monoisotopic (exact) mass is 294 g/mol. The van der Waals surface area contributed by atoms with Crippen molar-refractivity contribution in [3.8, 4) is 11.8 Å². The summed E-state index contributed by atoms with van der Waals surface area (Å²) >= 11 is 0. The molecule has 0 radical (unpaired) electrons. The van der Waals surface area contributed by atoms with Crippen LogP contribution in [0.2, 0.25) is 0 Å². The molecule has 0 heterocycles. The third-order valence-corrected chi connectivity index (χ3v) is 3.81. The summed E-state index contributed by atoms with van der Waals surface area (Å²) in [6.45, 7) is 3.07. The lowest BCUT2D eigenvalue weighted by Crippen LogP contribution is -2.20. The Morgan fingerprint density at radius 3 is 2.77 bits per heavy atom. The number of methoxy groups -OCH3 is 1. The zero-order chi connectivity index (χ0) is 15.8. The van der Waals surface area contributed by atoms with Gasteiger partial charge in [-0.2, -0.15) is 5.26 Å². The molecular weight excluding hydrogens is 272 g/mol. The van der Waals surface area contributed by atoms with Crippen molar-refractivity contribution in [3.63, 3.8) is 0 Å². The number of nitriles is 1. The highest BCUT2D eigenvalue weighted by Gasteiger charge is 2.06. The van der Waals surface area contributed by atoms with E-state index in [1.807, 2.05) is 36.4 Å².